The quantitative estimate of drug-likeness (QED) is 0.745. The average Bonchev–Trinajstić information content (AvgIpc) is 2.94. The van der Waals surface area contributed by atoms with Crippen LogP contribution in [-0.2, 0) is 6.61 Å². The molecule has 0 aliphatic heterocycles. The van der Waals surface area contributed by atoms with Gasteiger partial charge in [0.25, 0.3) is 0 Å². The van der Waals surface area contributed by atoms with Gasteiger partial charge in [0.05, 0.1) is 17.3 Å². The van der Waals surface area contributed by atoms with E-state index in [0.717, 1.165) is 12.0 Å². The predicted molar refractivity (Wildman–Crippen MR) is 83.0 cm³/mol. The Balaban J connectivity index is 2.17. The Kier molecular flexibility index (Phi) is 5.01. The number of carbonyl (C=O) groups is 1. The number of rotatable bonds is 6. The number of ether oxygens (including phenoxy) is 2. The topological polar surface area (TPSA) is 53.4 Å². The lowest BCUT2D eigenvalue weighted by atomic mass is 10.2. The zero-order valence-electron chi connectivity index (χ0n) is 12.2. The third-order valence-electron chi connectivity index (χ3n) is 2.94. The highest BCUT2D eigenvalue weighted by Gasteiger charge is 2.12. The lowest BCUT2D eigenvalue weighted by molar-refractivity contribution is 0.112. The van der Waals surface area contributed by atoms with Crippen molar-refractivity contribution < 1.29 is 14.3 Å². The van der Waals surface area contributed by atoms with Gasteiger partial charge in [0.2, 0.25) is 0 Å². The van der Waals surface area contributed by atoms with Crippen molar-refractivity contribution in [2.24, 2.45) is 0 Å². The first kappa shape index (κ1) is 15.6. The predicted octanol–water partition coefficient (Wildman–Crippen LogP) is 3.63. The maximum absolute atomic E-state index is 10.9. The number of nitrogens with zero attached hydrogens (tertiary/aromatic N) is 2. The molecule has 2 aromatic rings. The number of benzene rings is 1. The van der Waals surface area contributed by atoms with Crippen molar-refractivity contribution in [1.29, 1.82) is 0 Å². The summed E-state index contributed by atoms with van der Waals surface area (Å²) in [6.07, 6.45) is 2.69. The minimum Gasteiger partial charge on any atom is -0.493 e. The molecular weight excluding hydrogens is 336 g/mol. The van der Waals surface area contributed by atoms with Crippen molar-refractivity contribution in [3.63, 3.8) is 0 Å². The van der Waals surface area contributed by atoms with E-state index in [2.05, 4.69) is 34.9 Å². The van der Waals surface area contributed by atoms with Gasteiger partial charge in [-0.05, 0) is 48.0 Å². The lowest BCUT2D eigenvalue weighted by Gasteiger charge is -2.12. The second-order valence-corrected chi connectivity index (χ2v) is 5.68. The molecule has 2 rings (SSSR count). The monoisotopic (exact) mass is 352 g/mol. The number of hydrogen-bond acceptors (Lipinski definition) is 4. The molecule has 6 heteroatoms. The summed E-state index contributed by atoms with van der Waals surface area (Å²) in [7, 11) is 1.54. The first-order valence-corrected chi connectivity index (χ1v) is 7.34. The summed E-state index contributed by atoms with van der Waals surface area (Å²) in [6, 6.07) is 5.56. The van der Waals surface area contributed by atoms with Crippen LogP contribution in [0.1, 0.15) is 35.9 Å². The molecule has 0 saturated carbocycles. The summed E-state index contributed by atoms with van der Waals surface area (Å²) in [5, 5.41) is 4.42. The van der Waals surface area contributed by atoms with Crippen molar-refractivity contribution in [3.05, 3.63) is 40.1 Å². The van der Waals surface area contributed by atoms with Gasteiger partial charge in [0, 0.05) is 17.8 Å². The number of aromatic nitrogens is 2. The number of methoxy groups -OCH3 is 1. The van der Waals surface area contributed by atoms with Gasteiger partial charge in [0.15, 0.2) is 11.5 Å². The second-order valence-electron chi connectivity index (χ2n) is 4.82. The van der Waals surface area contributed by atoms with E-state index in [1.807, 2.05) is 16.9 Å². The van der Waals surface area contributed by atoms with Crippen molar-refractivity contribution in [1.82, 2.24) is 9.78 Å². The number of carbonyl (C=O) groups excluding carboxylic acids is 1. The van der Waals surface area contributed by atoms with Crippen LogP contribution in [0.2, 0.25) is 0 Å². The highest BCUT2D eigenvalue weighted by molar-refractivity contribution is 9.10. The molecule has 0 N–H and O–H groups in total. The van der Waals surface area contributed by atoms with Crippen molar-refractivity contribution in [2.75, 3.05) is 7.11 Å². The van der Waals surface area contributed by atoms with E-state index in [-0.39, 0.29) is 0 Å². The van der Waals surface area contributed by atoms with Crippen LogP contribution in [0.15, 0.2) is 28.9 Å². The van der Waals surface area contributed by atoms with Crippen LogP contribution in [0.4, 0.5) is 0 Å². The molecule has 0 radical (unpaired) electrons. The lowest BCUT2D eigenvalue weighted by Crippen LogP contribution is -2.04. The fourth-order valence-corrected chi connectivity index (χ4v) is 2.41. The highest BCUT2D eigenvalue weighted by Crippen LogP contribution is 2.36. The molecular formula is C15H17BrN2O3. The Bertz CT molecular complexity index is 638. The zero-order valence-corrected chi connectivity index (χ0v) is 13.8. The third-order valence-corrected chi connectivity index (χ3v) is 3.53. The van der Waals surface area contributed by atoms with E-state index < -0.39 is 0 Å². The van der Waals surface area contributed by atoms with E-state index in [0.29, 0.717) is 34.2 Å². The average molecular weight is 353 g/mol. The maximum atomic E-state index is 10.9. The van der Waals surface area contributed by atoms with Gasteiger partial charge < -0.3 is 9.47 Å². The van der Waals surface area contributed by atoms with Crippen molar-refractivity contribution in [2.45, 2.75) is 26.5 Å². The van der Waals surface area contributed by atoms with E-state index in [9.17, 15) is 4.79 Å². The summed E-state index contributed by atoms with van der Waals surface area (Å²) >= 11 is 3.39. The van der Waals surface area contributed by atoms with Gasteiger partial charge in [-0.25, -0.2) is 0 Å². The first-order valence-electron chi connectivity index (χ1n) is 6.54. The van der Waals surface area contributed by atoms with Crippen LogP contribution in [0.25, 0.3) is 0 Å². The molecule has 0 spiro atoms. The van der Waals surface area contributed by atoms with Crippen LogP contribution in [0.5, 0.6) is 11.5 Å². The van der Waals surface area contributed by atoms with E-state index in [1.54, 1.807) is 12.1 Å². The third kappa shape index (κ3) is 3.64. The number of halogens is 1. The summed E-state index contributed by atoms with van der Waals surface area (Å²) < 4.78 is 13.6. The van der Waals surface area contributed by atoms with Crippen LogP contribution in [0, 0.1) is 0 Å². The molecule has 0 bridgehead atoms. The minimum absolute atomic E-state index is 0.312. The van der Waals surface area contributed by atoms with Crippen LogP contribution >= 0.6 is 15.9 Å². The SMILES string of the molecule is COc1cc(C=O)cc(Br)c1OCc1ccn(C(C)C)n1. The van der Waals surface area contributed by atoms with Gasteiger partial charge >= 0.3 is 0 Å². The number of hydrogen-bond donors (Lipinski definition) is 0. The molecule has 1 aromatic heterocycles. The minimum atomic E-state index is 0.312. The van der Waals surface area contributed by atoms with Crippen molar-refractivity contribution in [3.8, 4) is 11.5 Å². The molecule has 1 aromatic carbocycles. The molecule has 0 atom stereocenters. The highest BCUT2D eigenvalue weighted by atomic mass is 79.9. The van der Waals surface area contributed by atoms with Crippen LogP contribution in [0.3, 0.4) is 0 Å². The van der Waals surface area contributed by atoms with E-state index in [4.69, 9.17) is 9.47 Å². The van der Waals surface area contributed by atoms with E-state index >= 15 is 0 Å². The molecule has 0 amide bonds. The first-order chi connectivity index (χ1) is 10.0. The molecule has 0 aliphatic carbocycles. The Morgan fingerprint density at radius 2 is 2.19 bits per heavy atom. The van der Waals surface area contributed by atoms with Gasteiger partial charge in [-0.1, -0.05) is 0 Å². The van der Waals surface area contributed by atoms with E-state index in [1.165, 1.54) is 7.11 Å². The zero-order chi connectivity index (χ0) is 15.4. The van der Waals surface area contributed by atoms with Gasteiger partial charge in [-0.15, -0.1) is 0 Å². The molecule has 112 valence electrons. The standard InChI is InChI=1S/C15H17BrN2O3/c1-10(2)18-5-4-12(17-18)9-21-15-13(16)6-11(8-19)7-14(15)20-3/h4-8,10H,9H2,1-3H3. The van der Waals surface area contributed by atoms with Gasteiger partial charge in [-0.2, -0.15) is 5.10 Å². The summed E-state index contributed by atoms with van der Waals surface area (Å²) in [6.45, 7) is 4.46. The van der Waals surface area contributed by atoms with Crippen molar-refractivity contribution >= 4 is 22.2 Å². The molecule has 0 aliphatic rings. The molecule has 0 fully saturated rings. The normalized spacial score (nSPS) is 10.7. The largest absolute Gasteiger partial charge is 0.493 e. The fourth-order valence-electron chi connectivity index (χ4n) is 1.84. The fraction of sp³-hybridized carbons (Fsp3) is 0.333. The van der Waals surface area contributed by atoms with Gasteiger partial charge in [0.1, 0.15) is 12.9 Å². The summed E-state index contributed by atoms with van der Waals surface area (Å²) in [5.41, 5.74) is 1.35. The van der Waals surface area contributed by atoms with Crippen LogP contribution in [-0.4, -0.2) is 23.2 Å². The Labute approximate surface area is 132 Å². The molecule has 5 nitrogen and oxygen atoms in total. The molecule has 1 heterocycles. The molecule has 0 unspecified atom stereocenters. The smallest absolute Gasteiger partial charge is 0.175 e. The Morgan fingerprint density at radius 1 is 1.43 bits per heavy atom. The van der Waals surface area contributed by atoms with Gasteiger partial charge in [-0.3, -0.25) is 9.48 Å². The molecule has 21 heavy (non-hydrogen) atoms. The second kappa shape index (κ2) is 6.76. The summed E-state index contributed by atoms with van der Waals surface area (Å²) in [5.74, 6) is 1.07. The number of aldehydes is 1. The Hall–Kier alpha value is -1.82. The molecule has 0 saturated heterocycles. The van der Waals surface area contributed by atoms with Crippen LogP contribution < -0.4 is 9.47 Å². The Morgan fingerprint density at radius 3 is 2.76 bits per heavy atom. The maximum Gasteiger partial charge on any atom is 0.175 e. The summed E-state index contributed by atoms with van der Waals surface area (Å²) in [4.78, 5) is 10.9.